The van der Waals surface area contributed by atoms with E-state index >= 15 is 0 Å². The molecule has 1 aromatic rings. The van der Waals surface area contributed by atoms with Crippen LogP contribution in [0.4, 0.5) is 5.82 Å². The van der Waals surface area contributed by atoms with E-state index in [2.05, 4.69) is 10.3 Å². The van der Waals surface area contributed by atoms with Gasteiger partial charge in [0.2, 0.25) is 5.91 Å². The molecule has 0 aliphatic heterocycles. The number of nitrogens with two attached hydrogens (primary N) is 1. The van der Waals surface area contributed by atoms with Crippen LogP contribution in [0.2, 0.25) is 0 Å². The Morgan fingerprint density at radius 2 is 2.38 bits per heavy atom. The smallest absolute Gasteiger partial charge is 0.250 e. The van der Waals surface area contributed by atoms with Crippen molar-refractivity contribution in [1.82, 2.24) is 4.98 Å². The molecule has 1 amide bonds. The average Bonchev–Trinajstić information content (AvgIpc) is 2.29. The molecule has 5 heteroatoms. The minimum Gasteiger partial charge on any atom is -0.396 e. The Bertz CT molecular complexity index is 338. The third kappa shape index (κ3) is 3.51. The Morgan fingerprint density at radius 3 is 2.81 bits per heavy atom. The van der Waals surface area contributed by atoms with E-state index in [0.717, 1.165) is 6.42 Å². The maximum absolute atomic E-state index is 10.8. The highest BCUT2D eigenvalue weighted by molar-refractivity contribution is 5.92. The van der Waals surface area contributed by atoms with E-state index in [4.69, 9.17) is 10.8 Å². The van der Waals surface area contributed by atoms with Gasteiger partial charge in [-0.15, -0.1) is 0 Å². The predicted molar refractivity (Wildman–Crippen MR) is 62.2 cm³/mol. The van der Waals surface area contributed by atoms with Gasteiger partial charge < -0.3 is 16.2 Å². The largest absolute Gasteiger partial charge is 0.396 e. The summed E-state index contributed by atoms with van der Waals surface area (Å²) in [5, 5.41) is 12.0. The number of nitrogens with zero attached hydrogens (tertiary/aromatic N) is 1. The van der Waals surface area contributed by atoms with Gasteiger partial charge >= 0.3 is 0 Å². The Kier molecular flexibility index (Phi) is 4.72. The molecule has 0 aromatic carbocycles. The van der Waals surface area contributed by atoms with Crippen molar-refractivity contribution in [3.05, 3.63) is 23.9 Å². The molecule has 0 fully saturated rings. The first kappa shape index (κ1) is 12.4. The summed E-state index contributed by atoms with van der Waals surface area (Å²) < 4.78 is 0. The minimum absolute atomic E-state index is 0.144. The number of aromatic nitrogens is 1. The second-order valence-electron chi connectivity index (χ2n) is 3.56. The normalized spacial score (nSPS) is 12.1. The Labute approximate surface area is 94.7 Å². The first-order valence-electron chi connectivity index (χ1n) is 5.30. The molecule has 1 atom stereocenters. The van der Waals surface area contributed by atoms with Crippen molar-refractivity contribution in [1.29, 1.82) is 0 Å². The van der Waals surface area contributed by atoms with Gasteiger partial charge in [0.1, 0.15) is 5.82 Å². The maximum Gasteiger partial charge on any atom is 0.250 e. The van der Waals surface area contributed by atoms with Gasteiger partial charge in [0.15, 0.2) is 0 Å². The summed E-state index contributed by atoms with van der Waals surface area (Å²) in [6, 6.07) is 3.53. The molecule has 1 aromatic heterocycles. The van der Waals surface area contributed by atoms with Crippen LogP contribution in [0.3, 0.4) is 0 Å². The zero-order valence-corrected chi connectivity index (χ0v) is 9.31. The number of primary amides is 1. The van der Waals surface area contributed by atoms with Crippen molar-refractivity contribution in [2.45, 2.75) is 25.8 Å². The van der Waals surface area contributed by atoms with E-state index < -0.39 is 5.91 Å². The molecule has 1 rings (SSSR count). The van der Waals surface area contributed by atoms with Crippen LogP contribution in [-0.4, -0.2) is 28.6 Å². The number of hydrogen-bond donors (Lipinski definition) is 3. The van der Waals surface area contributed by atoms with Gasteiger partial charge in [0, 0.05) is 18.8 Å². The number of aliphatic hydroxyl groups excluding tert-OH is 1. The van der Waals surface area contributed by atoms with Crippen LogP contribution in [0.5, 0.6) is 0 Å². The molecular weight excluding hydrogens is 206 g/mol. The van der Waals surface area contributed by atoms with Crippen LogP contribution in [-0.2, 0) is 0 Å². The van der Waals surface area contributed by atoms with Gasteiger partial charge in [0.05, 0.1) is 5.56 Å². The molecule has 4 N–H and O–H groups in total. The van der Waals surface area contributed by atoms with Crippen molar-refractivity contribution in [3.63, 3.8) is 0 Å². The van der Waals surface area contributed by atoms with E-state index in [0.29, 0.717) is 17.8 Å². The summed E-state index contributed by atoms with van der Waals surface area (Å²) in [5.41, 5.74) is 5.50. The van der Waals surface area contributed by atoms with Gasteiger partial charge in [-0.05, 0) is 25.0 Å². The molecule has 0 aliphatic rings. The van der Waals surface area contributed by atoms with E-state index in [9.17, 15) is 4.79 Å². The highest BCUT2D eigenvalue weighted by atomic mass is 16.3. The molecule has 5 nitrogen and oxygen atoms in total. The van der Waals surface area contributed by atoms with Crippen molar-refractivity contribution in [2.75, 3.05) is 11.9 Å². The number of anilines is 1. The molecular formula is C11H17N3O2. The molecule has 0 radical (unpaired) electrons. The van der Waals surface area contributed by atoms with Gasteiger partial charge in [-0.2, -0.15) is 0 Å². The zero-order chi connectivity index (χ0) is 12.0. The Balaban J connectivity index is 2.63. The first-order chi connectivity index (χ1) is 7.67. The van der Waals surface area contributed by atoms with E-state index in [1.807, 2.05) is 6.92 Å². The Hall–Kier alpha value is -1.62. The number of carbonyl (C=O) groups is 1. The number of carbonyl (C=O) groups excluding carboxylic acids is 1. The fraction of sp³-hybridized carbons (Fsp3) is 0.455. The lowest BCUT2D eigenvalue weighted by atomic mass is 10.1. The number of aliphatic hydroxyl groups is 1. The molecule has 1 heterocycles. The predicted octanol–water partition coefficient (Wildman–Crippen LogP) is 0.753. The molecule has 88 valence electrons. The van der Waals surface area contributed by atoms with Gasteiger partial charge in [-0.25, -0.2) is 4.98 Å². The van der Waals surface area contributed by atoms with Crippen LogP contribution < -0.4 is 11.1 Å². The van der Waals surface area contributed by atoms with Crippen molar-refractivity contribution >= 4 is 11.7 Å². The summed E-state index contributed by atoms with van der Waals surface area (Å²) in [4.78, 5) is 14.9. The summed E-state index contributed by atoms with van der Waals surface area (Å²) >= 11 is 0. The third-order valence-corrected chi connectivity index (χ3v) is 2.37. The minimum atomic E-state index is -0.485. The maximum atomic E-state index is 10.8. The number of rotatable bonds is 6. The summed E-state index contributed by atoms with van der Waals surface area (Å²) in [6.07, 6.45) is 3.02. The van der Waals surface area contributed by atoms with Gasteiger partial charge in [0.25, 0.3) is 0 Å². The first-order valence-corrected chi connectivity index (χ1v) is 5.30. The van der Waals surface area contributed by atoms with Crippen LogP contribution in [0.15, 0.2) is 18.3 Å². The lowest BCUT2D eigenvalue weighted by Gasteiger charge is -2.16. The van der Waals surface area contributed by atoms with E-state index in [1.54, 1.807) is 12.1 Å². The molecule has 1 unspecified atom stereocenters. The van der Waals surface area contributed by atoms with Crippen molar-refractivity contribution < 1.29 is 9.90 Å². The second kappa shape index (κ2) is 6.07. The highest BCUT2D eigenvalue weighted by Gasteiger charge is 2.06. The SMILES string of the molecule is CCC(CCO)Nc1ccc(C(N)=O)cn1. The summed E-state index contributed by atoms with van der Waals surface area (Å²) in [5.74, 6) is 0.201. The fourth-order valence-corrected chi connectivity index (χ4v) is 1.37. The molecule has 0 bridgehead atoms. The zero-order valence-electron chi connectivity index (χ0n) is 9.31. The van der Waals surface area contributed by atoms with Crippen LogP contribution in [0.25, 0.3) is 0 Å². The third-order valence-electron chi connectivity index (χ3n) is 2.37. The summed E-state index contributed by atoms with van der Waals surface area (Å²) in [7, 11) is 0. The van der Waals surface area contributed by atoms with E-state index in [1.165, 1.54) is 6.20 Å². The number of hydrogen-bond acceptors (Lipinski definition) is 4. The monoisotopic (exact) mass is 223 g/mol. The fourth-order valence-electron chi connectivity index (χ4n) is 1.37. The van der Waals surface area contributed by atoms with Crippen LogP contribution in [0, 0.1) is 0 Å². The Morgan fingerprint density at radius 1 is 1.62 bits per heavy atom. The van der Waals surface area contributed by atoms with Gasteiger partial charge in [-0.3, -0.25) is 4.79 Å². The van der Waals surface area contributed by atoms with Crippen molar-refractivity contribution in [3.8, 4) is 0 Å². The standard InChI is InChI=1S/C11H17N3O2/c1-2-9(5-6-15)14-10-4-3-8(7-13-10)11(12)16/h3-4,7,9,15H,2,5-6H2,1H3,(H2,12,16)(H,13,14). The molecule has 16 heavy (non-hydrogen) atoms. The second-order valence-corrected chi connectivity index (χ2v) is 3.56. The average molecular weight is 223 g/mol. The van der Waals surface area contributed by atoms with Crippen LogP contribution in [0.1, 0.15) is 30.1 Å². The van der Waals surface area contributed by atoms with Crippen molar-refractivity contribution in [2.24, 2.45) is 5.73 Å². The van der Waals surface area contributed by atoms with Crippen LogP contribution >= 0.6 is 0 Å². The van der Waals surface area contributed by atoms with Gasteiger partial charge in [-0.1, -0.05) is 6.92 Å². The number of pyridine rings is 1. The highest BCUT2D eigenvalue weighted by Crippen LogP contribution is 2.09. The lowest BCUT2D eigenvalue weighted by molar-refractivity contribution is 0.1000. The molecule has 0 spiro atoms. The summed E-state index contributed by atoms with van der Waals surface area (Å²) in [6.45, 7) is 2.18. The number of amides is 1. The molecule has 0 saturated heterocycles. The lowest BCUT2D eigenvalue weighted by Crippen LogP contribution is -2.20. The van der Waals surface area contributed by atoms with E-state index in [-0.39, 0.29) is 12.6 Å². The molecule has 0 aliphatic carbocycles. The topological polar surface area (TPSA) is 88.2 Å². The quantitative estimate of drug-likeness (QED) is 0.664. The number of nitrogens with one attached hydrogen (secondary N) is 1. The molecule has 0 saturated carbocycles.